The fourth-order valence-corrected chi connectivity index (χ4v) is 2.95. The van der Waals surface area contributed by atoms with Crippen LogP contribution in [-0.4, -0.2) is 73.6 Å². The first-order chi connectivity index (χ1) is 11.7. The second kappa shape index (κ2) is 8.08. The van der Waals surface area contributed by atoms with Gasteiger partial charge in [0.25, 0.3) is 0 Å². The molecule has 2 heterocycles. The van der Waals surface area contributed by atoms with Crippen LogP contribution in [0, 0.1) is 0 Å². The fourth-order valence-electron chi connectivity index (χ4n) is 2.95. The molecule has 0 aliphatic carbocycles. The first-order valence-corrected chi connectivity index (χ1v) is 8.32. The number of rotatable bonds is 4. The van der Waals surface area contributed by atoms with Crippen LogP contribution >= 0.6 is 0 Å². The molecule has 0 radical (unpaired) electrons. The van der Waals surface area contributed by atoms with Crippen LogP contribution in [0.4, 0.5) is 0 Å². The van der Waals surface area contributed by atoms with E-state index in [1.54, 1.807) is 0 Å². The smallest absolute Gasteiger partial charge is 0.247 e. The van der Waals surface area contributed by atoms with Crippen molar-refractivity contribution in [3.8, 4) is 0 Å². The molecule has 1 aromatic rings. The molecule has 128 valence electrons. The Bertz CT molecular complexity index is 595. The van der Waals surface area contributed by atoms with Crippen LogP contribution in [0.2, 0.25) is 0 Å². The van der Waals surface area contributed by atoms with Gasteiger partial charge in [-0.2, -0.15) is 0 Å². The molecule has 2 aliphatic rings. The number of nitrogens with one attached hydrogen (secondary N) is 1. The van der Waals surface area contributed by atoms with Gasteiger partial charge in [0, 0.05) is 32.7 Å². The molecule has 1 unspecified atom stereocenters. The van der Waals surface area contributed by atoms with Crippen molar-refractivity contribution in [2.24, 2.45) is 0 Å². The number of ether oxygens (including phenoxy) is 1. The minimum atomic E-state index is -0.532. The van der Waals surface area contributed by atoms with Gasteiger partial charge >= 0.3 is 0 Å². The Hall–Kier alpha value is -2.18. The minimum absolute atomic E-state index is 0.0393. The van der Waals surface area contributed by atoms with Gasteiger partial charge in [-0.3, -0.25) is 14.5 Å². The van der Waals surface area contributed by atoms with E-state index in [0.29, 0.717) is 13.1 Å². The number of morpholine rings is 1. The monoisotopic (exact) mass is 329 g/mol. The van der Waals surface area contributed by atoms with Gasteiger partial charge in [0.05, 0.1) is 6.61 Å². The summed E-state index contributed by atoms with van der Waals surface area (Å²) in [4.78, 5) is 27.9. The van der Waals surface area contributed by atoms with E-state index in [9.17, 15) is 9.59 Å². The van der Waals surface area contributed by atoms with Gasteiger partial charge in [0.15, 0.2) is 0 Å². The number of benzene rings is 1. The molecular weight excluding hydrogens is 306 g/mol. The summed E-state index contributed by atoms with van der Waals surface area (Å²) in [6.07, 6.45) is 4.27. The zero-order valence-corrected chi connectivity index (χ0v) is 13.7. The Labute approximate surface area is 142 Å². The number of hydrogen-bond donors (Lipinski definition) is 1. The predicted molar refractivity (Wildman–Crippen MR) is 91.2 cm³/mol. The van der Waals surface area contributed by atoms with Crippen LogP contribution in [-0.2, 0) is 14.3 Å². The molecule has 6 nitrogen and oxygen atoms in total. The van der Waals surface area contributed by atoms with Gasteiger partial charge in [-0.1, -0.05) is 42.5 Å². The second-order valence-corrected chi connectivity index (χ2v) is 6.07. The first kappa shape index (κ1) is 16.7. The predicted octanol–water partition coefficient (Wildman–Crippen LogP) is 0.359. The summed E-state index contributed by atoms with van der Waals surface area (Å²) >= 11 is 0. The summed E-state index contributed by atoms with van der Waals surface area (Å²) in [6.45, 7) is 4.24. The SMILES string of the molecule is O=C1COCC(C(=O)N2CCN(C/C=C/c3ccccc3)CC2)N1. The Morgan fingerprint density at radius 1 is 1.21 bits per heavy atom. The number of carbonyl (C=O) groups excluding carboxylic acids is 2. The van der Waals surface area contributed by atoms with Gasteiger partial charge < -0.3 is 15.0 Å². The van der Waals surface area contributed by atoms with Crippen molar-refractivity contribution < 1.29 is 14.3 Å². The third kappa shape index (κ3) is 4.43. The molecule has 1 aromatic carbocycles. The van der Waals surface area contributed by atoms with Crippen molar-refractivity contribution in [3.05, 3.63) is 42.0 Å². The van der Waals surface area contributed by atoms with Gasteiger partial charge in [-0.25, -0.2) is 0 Å². The van der Waals surface area contributed by atoms with Crippen molar-refractivity contribution >= 4 is 17.9 Å². The van der Waals surface area contributed by atoms with Gasteiger partial charge in [0.2, 0.25) is 11.8 Å². The fraction of sp³-hybridized carbons (Fsp3) is 0.444. The lowest BCUT2D eigenvalue weighted by Gasteiger charge is -2.36. The molecule has 24 heavy (non-hydrogen) atoms. The van der Waals surface area contributed by atoms with Crippen molar-refractivity contribution in [2.45, 2.75) is 6.04 Å². The van der Waals surface area contributed by atoms with E-state index in [0.717, 1.165) is 19.6 Å². The molecule has 3 rings (SSSR count). The third-order valence-corrected chi connectivity index (χ3v) is 4.31. The number of nitrogens with zero attached hydrogens (tertiary/aromatic N) is 2. The Kier molecular flexibility index (Phi) is 5.61. The zero-order chi connectivity index (χ0) is 16.8. The Morgan fingerprint density at radius 3 is 2.67 bits per heavy atom. The number of piperazine rings is 1. The van der Waals surface area contributed by atoms with Gasteiger partial charge in [0.1, 0.15) is 12.6 Å². The molecular formula is C18H23N3O3. The topological polar surface area (TPSA) is 61.9 Å². The standard InChI is InChI=1S/C18H23N3O3/c22-17-14-24-13-16(19-17)18(23)21-11-9-20(10-12-21)8-4-7-15-5-2-1-3-6-15/h1-7,16H,8-14H2,(H,19,22)/b7-4+. The molecule has 2 aliphatic heterocycles. The molecule has 2 amide bonds. The maximum absolute atomic E-state index is 12.4. The van der Waals surface area contributed by atoms with Crippen LogP contribution in [0.5, 0.6) is 0 Å². The molecule has 1 atom stereocenters. The molecule has 2 saturated heterocycles. The molecule has 0 saturated carbocycles. The molecule has 0 aromatic heterocycles. The summed E-state index contributed by atoms with van der Waals surface area (Å²) in [5.41, 5.74) is 1.19. The molecule has 6 heteroatoms. The van der Waals surface area contributed by atoms with Crippen molar-refractivity contribution in [1.29, 1.82) is 0 Å². The Balaban J connectivity index is 1.43. The maximum atomic E-state index is 12.4. The number of amides is 2. The third-order valence-electron chi connectivity index (χ3n) is 4.31. The maximum Gasteiger partial charge on any atom is 0.247 e. The van der Waals surface area contributed by atoms with Crippen LogP contribution in [0.25, 0.3) is 6.08 Å². The molecule has 0 spiro atoms. The highest BCUT2D eigenvalue weighted by Gasteiger charge is 2.30. The number of carbonyl (C=O) groups is 2. The lowest BCUT2D eigenvalue weighted by Crippen LogP contribution is -2.58. The minimum Gasteiger partial charge on any atom is -0.369 e. The largest absolute Gasteiger partial charge is 0.369 e. The van der Waals surface area contributed by atoms with Crippen LogP contribution < -0.4 is 5.32 Å². The average Bonchev–Trinajstić information content (AvgIpc) is 2.63. The van der Waals surface area contributed by atoms with E-state index in [1.165, 1.54) is 5.56 Å². The zero-order valence-electron chi connectivity index (χ0n) is 13.7. The van der Waals surface area contributed by atoms with Crippen LogP contribution in [0.3, 0.4) is 0 Å². The summed E-state index contributed by atoms with van der Waals surface area (Å²) < 4.78 is 5.14. The van der Waals surface area contributed by atoms with Gasteiger partial charge in [-0.15, -0.1) is 0 Å². The van der Waals surface area contributed by atoms with E-state index < -0.39 is 6.04 Å². The van der Waals surface area contributed by atoms with Crippen LogP contribution in [0.15, 0.2) is 36.4 Å². The number of hydrogen-bond acceptors (Lipinski definition) is 4. The molecule has 1 N–H and O–H groups in total. The highest BCUT2D eigenvalue weighted by molar-refractivity contribution is 5.89. The van der Waals surface area contributed by atoms with E-state index >= 15 is 0 Å². The van der Waals surface area contributed by atoms with E-state index in [-0.39, 0.29) is 25.0 Å². The summed E-state index contributed by atoms with van der Waals surface area (Å²) in [5, 5.41) is 2.70. The quantitative estimate of drug-likeness (QED) is 0.866. The lowest BCUT2D eigenvalue weighted by atomic mass is 10.2. The average molecular weight is 329 g/mol. The first-order valence-electron chi connectivity index (χ1n) is 8.32. The highest BCUT2D eigenvalue weighted by atomic mass is 16.5. The summed E-state index contributed by atoms with van der Waals surface area (Å²) in [7, 11) is 0. The van der Waals surface area contributed by atoms with E-state index in [4.69, 9.17) is 4.74 Å². The van der Waals surface area contributed by atoms with Crippen molar-refractivity contribution in [1.82, 2.24) is 15.1 Å². The van der Waals surface area contributed by atoms with Crippen molar-refractivity contribution in [2.75, 3.05) is 45.9 Å². The molecule has 0 bridgehead atoms. The van der Waals surface area contributed by atoms with Crippen LogP contribution in [0.1, 0.15) is 5.56 Å². The second-order valence-electron chi connectivity index (χ2n) is 6.07. The molecule has 2 fully saturated rings. The van der Waals surface area contributed by atoms with Crippen molar-refractivity contribution in [3.63, 3.8) is 0 Å². The Morgan fingerprint density at radius 2 is 1.96 bits per heavy atom. The lowest BCUT2D eigenvalue weighted by molar-refractivity contribution is -0.145. The normalized spacial score (nSPS) is 22.6. The van der Waals surface area contributed by atoms with E-state index in [1.807, 2.05) is 23.1 Å². The van der Waals surface area contributed by atoms with E-state index in [2.05, 4.69) is 34.5 Å². The summed E-state index contributed by atoms with van der Waals surface area (Å²) in [5.74, 6) is -0.258. The summed E-state index contributed by atoms with van der Waals surface area (Å²) in [6, 6.07) is 9.68. The van der Waals surface area contributed by atoms with Gasteiger partial charge in [-0.05, 0) is 5.56 Å². The highest BCUT2D eigenvalue weighted by Crippen LogP contribution is 2.07.